The first-order valence-electron chi connectivity index (χ1n) is 12.2. The Morgan fingerprint density at radius 2 is 2.05 bits per heavy atom. The summed E-state index contributed by atoms with van der Waals surface area (Å²) < 4.78 is 12.7. The van der Waals surface area contributed by atoms with E-state index in [1.807, 2.05) is 35.8 Å². The van der Waals surface area contributed by atoms with Gasteiger partial charge in [-0.3, -0.25) is 14.2 Å². The number of aryl methyl sites for hydroxylation is 1. The van der Waals surface area contributed by atoms with Crippen molar-refractivity contribution < 1.29 is 18.7 Å². The molecular weight excluding hydrogens is 546 g/mol. The summed E-state index contributed by atoms with van der Waals surface area (Å²) in [6.07, 6.45) is 2.81. The van der Waals surface area contributed by atoms with Gasteiger partial charge in [0.05, 0.1) is 30.2 Å². The van der Waals surface area contributed by atoms with Gasteiger partial charge in [0.15, 0.2) is 10.9 Å². The molecule has 0 atom stereocenters. The minimum Gasteiger partial charge on any atom is -0.466 e. The van der Waals surface area contributed by atoms with Gasteiger partial charge in [0.25, 0.3) is 5.91 Å². The Labute approximate surface area is 233 Å². The van der Waals surface area contributed by atoms with Crippen molar-refractivity contribution in [1.29, 1.82) is 0 Å². The minimum absolute atomic E-state index is 0.113. The summed E-state index contributed by atoms with van der Waals surface area (Å²) in [4.78, 5) is 31.4. The molecule has 3 aromatic heterocycles. The van der Waals surface area contributed by atoms with Crippen LogP contribution in [-0.2, 0) is 15.3 Å². The van der Waals surface area contributed by atoms with Gasteiger partial charge in [-0.2, -0.15) is 0 Å². The molecule has 1 aliphatic heterocycles. The topological polar surface area (TPSA) is 103 Å². The zero-order chi connectivity index (χ0) is 26.6. The van der Waals surface area contributed by atoms with E-state index < -0.39 is 0 Å². The normalized spacial score (nSPS) is 14.1. The fraction of sp³-hybridized carbons (Fsp3) is 0.346. The summed E-state index contributed by atoms with van der Waals surface area (Å²) in [6, 6.07) is 9.31. The van der Waals surface area contributed by atoms with Gasteiger partial charge in [-0.05, 0) is 56.5 Å². The molecule has 1 amide bonds. The molecule has 0 saturated carbocycles. The smallest absolute Gasteiger partial charge is 0.309 e. The SMILES string of the molecule is CCOC(=O)C1CCN(C(=O)c2csc(CSc3nnc(-c4ccco4)n3-c3cc(Cl)ccc3C)n2)CC1. The number of carbonyl (C=O) groups is 2. The second kappa shape index (κ2) is 11.7. The van der Waals surface area contributed by atoms with Gasteiger partial charge in [-0.15, -0.1) is 21.5 Å². The number of furan rings is 1. The van der Waals surface area contributed by atoms with E-state index in [2.05, 4.69) is 15.2 Å². The quantitative estimate of drug-likeness (QED) is 0.197. The maximum Gasteiger partial charge on any atom is 0.309 e. The standard InChI is InChI=1S/C26H26ClN5O4S2/c1-3-35-25(34)17-8-10-31(11-9-17)24(33)19-14-37-22(28-19)15-38-26-30-29-23(21-5-4-12-36-21)32(26)20-13-18(27)7-6-16(20)2/h4-7,12-14,17H,3,8-11,15H2,1-2H3. The first-order chi connectivity index (χ1) is 18.4. The Hall–Kier alpha value is -3.15. The van der Waals surface area contributed by atoms with Crippen LogP contribution in [0.1, 0.15) is 40.8 Å². The molecule has 5 rings (SSSR count). The Morgan fingerprint density at radius 1 is 1.24 bits per heavy atom. The first kappa shape index (κ1) is 26.5. The molecule has 0 spiro atoms. The molecule has 1 fully saturated rings. The van der Waals surface area contributed by atoms with Gasteiger partial charge in [-0.1, -0.05) is 29.4 Å². The molecule has 0 unspecified atom stereocenters. The van der Waals surface area contributed by atoms with Gasteiger partial charge in [-0.25, -0.2) is 4.98 Å². The van der Waals surface area contributed by atoms with Crippen molar-refractivity contribution in [2.45, 2.75) is 37.6 Å². The van der Waals surface area contributed by atoms with E-state index in [-0.39, 0.29) is 17.8 Å². The number of rotatable bonds is 8. The molecule has 38 heavy (non-hydrogen) atoms. The monoisotopic (exact) mass is 571 g/mol. The lowest BCUT2D eigenvalue weighted by Crippen LogP contribution is -2.40. The number of esters is 1. The number of ether oxygens (including phenoxy) is 1. The largest absolute Gasteiger partial charge is 0.466 e. The van der Waals surface area contributed by atoms with Crippen LogP contribution in [0.2, 0.25) is 5.02 Å². The van der Waals surface area contributed by atoms with Crippen molar-refractivity contribution in [1.82, 2.24) is 24.6 Å². The number of nitrogens with zero attached hydrogens (tertiary/aromatic N) is 5. The summed E-state index contributed by atoms with van der Waals surface area (Å²) in [5, 5.41) is 12.7. The molecular formula is C26H26ClN5O4S2. The second-order valence-corrected chi connectivity index (χ2v) is 11.1. The Morgan fingerprint density at radius 3 is 2.79 bits per heavy atom. The van der Waals surface area contributed by atoms with E-state index in [1.54, 1.807) is 29.5 Å². The third kappa shape index (κ3) is 5.64. The summed E-state index contributed by atoms with van der Waals surface area (Å²) in [6.45, 7) is 5.20. The van der Waals surface area contributed by atoms with Gasteiger partial charge in [0.2, 0.25) is 5.82 Å². The number of piperidine rings is 1. The van der Waals surface area contributed by atoms with E-state index >= 15 is 0 Å². The van der Waals surface area contributed by atoms with Crippen molar-refractivity contribution in [3.8, 4) is 17.3 Å². The predicted octanol–water partition coefficient (Wildman–Crippen LogP) is 5.65. The van der Waals surface area contributed by atoms with Crippen molar-refractivity contribution >= 4 is 46.6 Å². The number of aromatic nitrogens is 4. The van der Waals surface area contributed by atoms with Crippen molar-refractivity contribution in [2.75, 3.05) is 19.7 Å². The highest BCUT2D eigenvalue weighted by molar-refractivity contribution is 7.98. The molecule has 0 radical (unpaired) electrons. The molecule has 9 nitrogen and oxygen atoms in total. The average Bonchev–Trinajstić information content (AvgIpc) is 3.69. The van der Waals surface area contributed by atoms with Crippen LogP contribution >= 0.6 is 34.7 Å². The summed E-state index contributed by atoms with van der Waals surface area (Å²) in [5.41, 5.74) is 2.29. The fourth-order valence-corrected chi connectivity index (χ4v) is 6.21. The maximum atomic E-state index is 13.0. The van der Waals surface area contributed by atoms with E-state index in [0.29, 0.717) is 65.7 Å². The third-order valence-corrected chi connectivity index (χ3v) is 8.49. The van der Waals surface area contributed by atoms with E-state index in [4.69, 9.17) is 20.8 Å². The Bertz CT molecular complexity index is 1430. The van der Waals surface area contributed by atoms with Crippen LogP contribution in [0, 0.1) is 12.8 Å². The van der Waals surface area contributed by atoms with Crippen molar-refractivity contribution in [3.63, 3.8) is 0 Å². The fourth-order valence-electron chi connectivity index (χ4n) is 4.31. The lowest BCUT2D eigenvalue weighted by atomic mass is 9.97. The van der Waals surface area contributed by atoms with E-state index in [0.717, 1.165) is 16.3 Å². The molecule has 4 aromatic rings. The number of benzene rings is 1. The lowest BCUT2D eigenvalue weighted by Gasteiger charge is -2.30. The van der Waals surface area contributed by atoms with Gasteiger partial charge < -0.3 is 14.1 Å². The van der Waals surface area contributed by atoms with Crippen LogP contribution in [0.4, 0.5) is 0 Å². The first-order valence-corrected chi connectivity index (χ1v) is 14.5. The van der Waals surface area contributed by atoms with E-state index in [1.165, 1.54) is 23.1 Å². The van der Waals surface area contributed by atoms with Crippen LogP contribution < -0.4 is 0 Å². The molecule has 0 N–H and O–H groups in total. The highest BCUT2D eigenvalue weighted by atomic mass is 35.5. The minimum atomic E-state index is -0.177. The number of hydrogen-bond donors (Lipinski definition) is 0. The highest BCUT2D eigenvalue weighted by Gasteiger charge is 2.29. The molecule has 0 bridgehead atoms. The number of halogens is 1. The third-order valence-electron chi connectivity index (χ3n) is 6.28. The molecule has 1 saturated heterocycles. The van der Waals surface area contributed by atoms with Crippen molar-refractivity contribution in [3.05, 3.63) is 63.3 Å². The molecule has 1 aliphatic rings. The predicted molar refractivity (Wildman–Crippen MR) is 146 cm³/mol. The maximum absolute atomic E-state index is 13.0. The number of likely N-dealkylation sites (tertiary alicyclic amines) is 1. The van der Waals surface area contributed by atoms with Crippen LogP contribution in [0.15, 0.2) is 51.5 Å². The van der Waals surface area contributed by atoms with Crippen LogP contribution in [0.5, 0.6) is 0 Å². The van der Waals surface area contributed by atoms with Gasteiger partial charge in [0.1, 0.15) is 10.7 Å². The zero-order valence-electron chi connectivity index (χ0n) is 20.9. The molecule has 0 aliphatic carbocycles. The van der Waals surface area contributed by atoms with Crippen LogP contribution in [0.25, 0.3) is 17.3 Å². The van der Waals surface area contributed by atoms with E-state index in [9.17, 15) is 9.59 Å². The number of amides is 1. The number of hydrogen-bond acceptors (Lipinski definition) is 9. The number of thiazole rings is 1. The zero-order valence-corrected chi connectivity index (χ0v) is 23.3. The van der Waals surface area contributed by atoms with Crippen LogP contribution in [-0.4, -0.2) is 56.2 Å². The Kier molecular flexibility index (Phi) is 8.15. The molecule has 198 valence electrons. The molecule has 4 heterocycles. The van der Waals surface area contributed by atoms with Crippen LogP contribution in [0.3, 0.4) is 0 Å². The number of carbonyl (C=O) groups excluding carboxylic acids is 2. The lowest BCUT2D eigenvalue weighted by molar-refractivity contribution is -0.149. The van der Waals surface area contributed by atoms with Gasteiger partial charge >= 0.3 is 5.97 Å². The summed E-state index contributed by atoms with van der Waals surface area (Å²) in [5.74, 6) is 1.24. The molecule has 12 heteroatoms. The highest BCUT2D eigenvalue weighted by Crippen LogP contribution is 2.33. The molecule has 1 aromatic carbocycles. The Balaban J connectivity index is 1.29. The summed E-state index contributed by atoms with van der Waals surface area (Å²) >= 11 is 9.23. The van der Waals surface area contributed by atoms with Gasteiger partial charge in [0, 0.05) is 23.5 Å². The van der Waals surface area contributed by atoms with Crippen molar-refractivity contribution in [2.24, 2.45) is 5.92 Å². The number of thioether (sulfide) groups is 1. The average molecular weight is 572 g/mol. The second-order valence-electron chi connectivity index (χ2n) is 8.78. The summed E-state index contributed by atoms with van der Waals surface area (Å²) in [7, 11) is 0.